The second kappa shape index (κ2) is 7.66. The third-order valence-electron chi connectivity index (χ3n) is 2.83. The minimum absolute atomic E-state index is 0.0213. The molecule has 0 spiro atoms. The van der Waals surface area contributed by atoms with Gasteiger partial charge in [0.05, 0.1) is 6.04 Å². The predicted octanol–water partition coefficient (Wildman–Crippen LogP) is 2.30. The summed E-state index contributed by atoms with van der Waals surface area (Å²) in [6, 6.07) is -0.149. The van der Waals surface area contributed by atoms with E-state index < -0.39 is 0 Å². The molecule has 0 aliphatic heterocycles. The fraction of sp³-hybridized carbons (Fsp3) is 0.923. The summed E-state index contributed by atoms with van der Waals surface area (Å²) in [5.41, 5.74) is 5.77. The fourth-order valence-corrected chi connectivity index (χ4v) is 1.55. The standard InChI is InChI=1S/C13H28N2O/c1-9(2)7-6-8-11(5)15-13(16)12(14)10(3)4/h9-12H,6-8,14H2,1-5H3,(H,15,16)/t11?,12-/m0/s1. The van der Waals surface area contributed by atoms with Gasteiger partial charge in [-0.3, -0.25) is 4.79 Å². The highest BCUT2D eigenvalue weighted by Gasteiger charge is 2.18. The lowest BCUT2D eigenvalue weighted by molar-refractivity contribution is -0.123. The maximum absolute atomic E-state index is 11.7. The van der Waals surface area contributed by atoms with Gasteiger partial charge in [-0.05, 0) is 25.2 Å². The van der Waals surface area contributed by atoms with Gasteiger partial charge in [0.1, 0.15) is 0 Å². The van der Waals surface area contributed by atoms with Crippen LogP contribution in [-0.2, 0) is 4.79 Å². The Morgan fingerprint density at radius 1 is 1.12 bits per heavy atom. The van der Waals surface area contributed by atoms with Crippen LogP contribution in [0.3, 0.4) is 0 Å². The molecule has 0 bridgehead atoms. The van der Waals surface area contributed by atoms with Crippen LogP contribution in [0, 0.1) is 11.8 Å². The number of amides is 1. The lowest BCUT2D eigenvalue weighted by Gasteiger charge is -2.19. The molecule has 0 aliphatic carbocycles. The van der Waals surface area contributed by atoms with Crippen molar-refractivity contribution >= 4 is 5.91 Å². The van der Waals surface area contributed by atoms with Crippen LogP contribution in [0.25, 0.3) is 0 Å². The first-order valence-corrected chi connectivity index (χ1v) is 6.40. The molecule has 0 saturated heterocycles. The third-order valence-corrected chi connectivity index (χ3v) is 2.83. The number of carbonyl (C=O) groups excluding carboxylic acids is 1. The number of hydrogen-bond acceptors (Lipinski definition) is 2. The molecule has 0 aromatic heterocycles. The summed E-state index contributed by atoms with van der Waals surface area (Å²) < 4.78 is 0. The zero-order chi connectivity index (χ0) is 12.7. The Labute approximate surface area is 100 Å². The molecule has 0 aromatic carbocycles. The van der Waals surface area contributed by atoms with Crippen LogP contribution < -0.4 is 11.1 Å². The Bertz CT molecular complexity index is 202. The van der Waals surface area contributed by atoms with E-state index in [2.05, 4.69) is 19.2 Å². The molecule has 0 fully saturated rings. The van der Waals surface area contributed by atoms with Crippen LogP contribution in [-0.4, -0.2) is 18.0 Å². The van der Waals surface area contributed by atoms with E-state index >= 15 is 0 Å². The average molecular weight is 228 g/mol. The maximum atomic E-state index is 11.7. The monoisotopic (exact) mass is 228 g/mol. The fourth-order valence-electron chi connectivity index (χ4n) is 1.55. The molecule has 0 aromatic rings. The van der Waals surface area contributed by atoms with Crippen LogP contribution in [0.2, 0.25) is 0 Å². The zero-order valence-electron chi connectivity index (χ0n) is 11.4. The molecule has 3 N–H and O–H groups in total. The van der Waals surface area contributed by atoms with Crippen molar-refractivity contribution in [3.05, 3.63) is 0 Å². The van der Waals surface area contributed by atoms with Gasteiger partial charge in [0.2, 0.25) is 5.91 Å². The molecule has 0 rings (SSSR count). The van der Waals surface area contributed by atoms with Gasteiger partial charge in [-0.2, -0.15) is 0 Å². The largest absolute Gasteiger partial charge is 0.352 e. The number of hydrogen-bond donors (Lipinski definition) is 2. The van der Waals surface area contributed by atoms with Crippen molar-refractivity contribution in [2.75, 3.05) is 0 Å². The number of carbonyl (C=O) groups is 1. The minimum Gasteiger partial charge on any atom is -0.352 e. The van der Waals surface area contributed by atoms with Gasteiger partial charge in [-0.25, -0.2) is 0 Å². The SMILES string of the molecule is CC(C)CCCC(C)NC(=O)[C@@H](N)C(C)C. The van der Waals surface area contributed by atoms with E-state index in [1.807, 2.05) is 20.8 Å². The van der Waals surface area contributed by atoms with Crippen LogP contribution in [0.1, 0.15) is 53.9 Å². The Morgan fingerprint density at radius 2 is 1.69 bits per heavy atom. The van der Waals surface area contributed by atoms with Gasteiger partial charge in [-0.1, -0.05) is 40.5 Å². The highest BCUT2D eigenvalue weighted by Crippen LogP contribution is 2.08. The van der Waals surface area contributed by atoms with Crippen LogP contribution >= 0.6 is 0 Å². The molecule has 0 radical (unpaired) electrons. The molecular weight excluding hydrogens is 200 g/mol. The topological polar surface area (TPSA) is 55.1 Å². The molecule has 3 nitrogen and oxygen atoms in total. The first kappa shape index (κ1) is 15.4. The molecular formula is C13H28N2O. The second-order valence-electron chi connectivity index (χ2n) is 5.50. The summed E-state index contributed by atoms with van der Waals surface area (Å²) in [4.78, 5) is 11.7. The quantitative estimate of drug-likeness (QED) is 0.702. The highest BCUT2D eigenvalue weighted by molar-refractivity contribution is 5.81. The Kier molecular flexibility index (Phi) is 7.39. The first-order chi connectivity index (χ1) is 7.34. The van der Waals surface area contributed by atoms with Crippen molar-refractivity contribution in [3.8, 4) is 0 Å². The average Bonchev–Trinajstić information content (AvgIpc) is 2.15. The molecule has 1 amide bonds. The number of nitrogens with two attached hydrogens (primary N) is 1. The van der Waals surface area contributed by atoms with Gasteiger partial charge < -0.3 is 11.1 Å². The van der Waals surface area contributed by atoms with E-state index in [0.29, 0.717) is 0 Å². The van der Waals surface area contributed by atoms with Crippen LogP contribution in [0.5, 0.6) is 0 Å². The van der Waals surface area contributed by atoms with Gasteiger partial charge in [0, 0.05) is 6.04 Å². The normalized spacial score (nSPS) is 15.2. The molecule has 2 atom stereocenters. The first-order valence-electron chi connectivity index (χ1n) is 6.40. The van der Waals surface area contributed by atoms with Gasteiger partial charge in [0.25, 0.3) is 0 Å². The number of rotatable bonds is 7. The van der Waals surface area contributed by atoms with Crippen molar-refractivity contribution in [3.63, 3.8) is 0 Å². The van der Waals surface area contributed by atoms with Gasteiger partial charge in [0.15, 0.2) is 0 Å². The van der Waals surface area contributed by atoms with Crippen molar-refractivity contribution < 1.29 is 4.79 Å². The summed E-state index contributed by atoms with van der Waals surface area (Å²) in [6.07, 6.45) is 3.42. The summed E-state index contributed by atoms with van der Waals surface area (Å²) in [6.45, 7) is 10.4. The van der Waals surface area contributed by atoms with Crippen LogP contribution in [0.4, 0.5) is 0 Å². The smallest absolute Gasteiger partial charge is 0.237 e. The van der Waals surface area contributed by atoms with Crippen molar-refractivity contribution in [1.29, 1.82) is 0 Å². The molecule has 96 valence electrons. The van der Waals surface area contributed by atoms with E-state index in [-0.39, 0.29) is 23.9 Å². The van der Waals surface area contributed by atoms with E-state index in [4.69, 9.17) is 5.73 Å². The molecule has 0 aliphatic rings. The Hall–Kier alpha value is -0.570. The zero-order valence-corrected chi connectivity index (χ0v) is 11.4. The van der Waals surface area contributed by atoms with E-state index in [1.165, 1.54) is 6.42 Å². The van der Waals surface area contributed by atoms with Crippen molar-refractivity contribution in [2.45, 2.75) is 66.0 Å². The van der Waals surface area contributed by atoms with Gasteiger partial charge in [-0.15, -0.1) is 0 Å². The van der Waals surface area contributed by atoms with E-state index in [1.54, 1.807) is 0 Å². The highest BCUT2D eigenvalue weighted by atomic mass is 16.2. The predicted molar refractivity (Wildman–Crippen MR) is 69.1 cm³/mol. The summed E-state index contributed by atoms with van der Waals surface area (Å²) in [7, 11) is 0. The Balaban J connectivity index is 3.78. The van der Waals surface area contributed by atoms with Crippen LogP contribution in [0.15, 0.2) is 0 Å². The maximum Gasteiger partial charge on any atom is 0.237 e. The molecule has 0 saturated carbocycles. The summed E-state index contributed by atoms with van der Waals surface area (Å²) >= 11 is 0. The lowest BCUT2D eigenvalue weighted by Crippen LogP contribution is -2.47. The molecule has 1 unspecified atom stereocenters. The third kappa shape index (κ3) is 6.83. The minimum atomic E-state index is -0.382. The summed E-state index contributed by atoms with van der Waals surface area (Å²) in [5, 5.41) is 2.97. The van der Waals surface area contributed by atoms with E-state index in [0.717, 1.165) is 18.8 Å². The lowest BCUT2D eigenvalue weighted by atomic mass is 10.0. The van der Waals surface area contributed by atoms with E-state index in [9.17, 15) is 4.79 Å². The molecule has 0 heterocycles. The van der Waals surface area contributed by atoms with Gasteiger partial charge >= 0.3 is 0 Å². The summed E-state index contributed by atoms with van der Waals surface area (Å²) in [5.74, 6) is 0.913. The van der Waals surface area contributed by atoms with Crippen molar-refractivity contribution in [1.82, 2.24) is 5.32 Å². The second-order valence-corrected chi connectivity index (χ2v) is 5.50. The number of nitrogens with one attached hydrogen (secondary N) is 1. The molecule has 16 heavy (non-hydrogen) atoms. The Morgan fingerprint density at radius 3 is 2.12 bits per heavy atom. The van der Waals surface area contributed by atoms with Crippen molar-refractivity contribution in [2.24, 2.45) is 17.6 Å². The molecule has 3 heteroatoms.